The summed E-state index contributed by atoms with van der Waals surface area (Å²) < 4.78 is 0. The van der Waals surface area contributed by atoms with Crippen molar-refractivity contribution in [1.29, 1.82) is 0 Å². The van der Waals surface area contributed by atoms with Crippen molar-refractivity contribution in [3.05, 3.63) is 25.1 Å². The molecule has 0 aliphatic carbocycles. The van der Waals surface area contributed by atoms with Crippen molar-refractivity contribution in [1.82, 2.24) is 0 Å². The molecular formula is C7H8N4. The van der Waals surface area contributed by atoms with Crippen LogP contribution in [0, 0.1) is 0 Å². The SMILES string of the molecule is C=CN=C1C=CN=NC1=NC. The second-order valence-electron chi connectivity index (χ2n) is 1.78. The van der Waals surface area contributed by atoms with Gasteiger partial charge in [0.25, 0.3) is 0 Å². The molecule has 0 aromatic carbocycles. The van der Waals surface area contributed by atoms with E-state index < -0.39 is 0 Å². The Labute approximate surface area is 64.8 Å². The number of nitrogens with zero attached hydrogens (tertiary/aromatic N) is 4. The molecule has 0 amide bonds. The molecule has 0 bridgehead atoms. The van der Waals surface area contributed by atoms with Gasteiger partial charge in [0.05, 0.1) is 6.20 Å². The molecule has 4 heteroatoms. The molecule has 0 aromatic rings. The summed E-state index contributed by atoms with van der Waals surface area (Å²) in [7, 11) is 1.64. The third-order valence-corrected chi connectivity index (χ3v) is 1.12. The summed E-state index contributed by atoms with van der Waals surface area (Å²) in [5.41, 5.74) is 0.692. The van der Waals surface area contributed by atoms with Crippen LogP contribution in [0.2, 0.25) is 0 Å². The lowest BCUT2D eigenvalue weighted by Gasteiger charge is -1.99. The van der Waals surface area contributed by atoms with Gasteiger partial charge in [0.1, 0.15) is 5.71 Å². The number of rotatable bonds is 1. The Kier molecular flexibility index (Phi) is 2.43. The van der Waals surface area contributed by atoms with Gasteiger partial charge in [0.2, 0.25) is 0 Å². The Hall–Kier alpha value is -1.58. The lowest BCUT2D eigenvalue weighted by atomic mass is 10.3. The molecule has 0 unspecified atom stereocenters. The maximum Gasteiger partial charge on any atom is 0.195 e. The van der Waals surface area contributed by atoms with E-state index in [9.17, 15) is 0 Å². The van der Waals surface area contributed by atoms with Gasteiger partial charge < -0.3 is 0 Å². The maximum absolute atomic E-state index is 3.95. The molecule has 0 spiro atoms. The second kappa shape index (κ2) is 3.55. The molecule has 0 saturated carbocycles. The van der Waals surface area contributed by atoms with Gasteiger partial charge >= 0.3 is 0 Å². The standard InChI is InChI=1S/C7H8N4/c1-3-9-6-4-5-10-11-7(6)8-2/h3-5H,1H2,2H3. The molecule has 0 N–H and O–H groups in total. The summed E-state index contributed by atoms with van der Waals surface area (Å²) >= 11 is 0. The summed E-state index contributed by atoms with van der Waals surface area (Å²) in [5, 5.41) is 7.42. The molecule has 0 fully saturated rings. The number of aliphatic imine (C=N–C) groups is 2. The van der Waals surface area contributed by atoms with Crippen LogP contribution in [0.5, 0.6) is 0 Å². The van der Waals surface area contributed by atoms with Crippen LogP contribution < -0.4 is 0 Å². The quantitative estimate of drug-likeness (QED) is 0.542. The summed E-state index contributed by atoms with van der Waals surface area (Å²) in [6.45, 7) is 3.47. The van der Waals surface area contributed by atoms with Gasteiger partial charge in [-0.1, -0.05) is 6.58 Å². The molecule has 0 saturated heterocycles. The van der Waals surface area contributed by atoms with Crippen molar-refractivity contribution in [3.63, 3.8) is 0 Å². The normalized spacial score (nSPS) is 23.0. The first-order valence-electron chi connectivity index (χ1n) is 3.11. The molecular weight excluding hydrogens is 140 g/mol. The predicted molar refractivity (Wildman–Crippen MR) is 45.0 cm³/mol. The van der Waals surface area contributed by atoms with Crippen LogP contribution in [0.3, 0.4) is 0 Å². The molecule has 0 atom stereocenters. The second-order valence-corrected chi connectivity index (χ2v) is 1.78. The number of amidine groups is 1. The highest BCUT2D eigenvalue weighted by Gasteiger charge is 2.05. The average Bonchev–Trinajstić information content (AvgIpc) is 2.06. The Balaban J connectivity index is 2.97. The van der Waals surface area contributed by atoms with Crippen molar-refractivity contribution >= 4 is 11.5 Å². The molecule has 0 aromatic heterocycles. The smallest absolute Gasteiger partial charge is 0.195 e. The van der Waals surface area contributed by atoms with Gasteiger partial charge in [-0.3, -0.25) is 9.98 Å². The van der Waals surface area contributed by atoms with Gasteiger partial charge in [-0.15, -0.1) is 5.11 Å². The summed E-state index contributed by atoms with van der Waals surface area (Å²) in [4.78, 5) is 7.82. The molecule has 0 radical (unpaired) electrons. The van der Waals surface area contributed by atoms with Gasteiger partial charge in [0, 0.05) is 13.2 Å². The number of azo groups is 1. The average molecular weight is 148 g/mol. The Morgan fingerprint density at radius 2 is 2.45 bits per heavy atom. The first kappa shape index (κ1) is 7.53. The highest BCUT2D eigenvalue weighted by atomic mass is 15.1. The largest absolute Gasteiger partial charge is 0.267 e. The van der Waals surface area contributed by atoms with E-state index in [-0.39, 0.29) is 0 Å². The molecule has 1 aliphatic rings. The molecule has 11 heavy (non-hydrogen) atoms. The van der Waals surface area contributed by atoms with Crippen molar-refractivity contribution in [3.8, 4) is 0 Å². The fourth-order valence-corrected chi connectivity index (χ4v) is 0.676. The Morgan fingerprint density at radius 3 is 3.09 bits per heavy atom. The zero-order chi connectivity index (χ0) is 8.10. The highest BCUT2D eigenvalue weighted by molar-refractivity contribution is 6.46. The lowest BCUT2D eigenvalue weighted by molar-refractivity contribution is 1.24. The van der Waals surface area contributed by atoms with Crippen LogP contribution in [-0.4, -0.2) is 18.6 Å². The Bertz CT molecular complexity index is 270. The third-order valence-electron chi connectivity index (χ3n) is 1.12. The summed E-state index contributed by atoms with van der Waals surface area (Å²) in [6, 6.07) is 0. The first-order chi connectivity index (χ1) is 5.38. The van der Waals surface area contributed by atoms with Gasteiger partial charge in [-0.05, 0) is 6.08 Å². The molecule has 56 valence electrons. The molecule has 1 aliphatic heterocycles. The summed E-state index contributed by atoms with van der Waals surface area (Å²) in [5.74, 6) is 0.535. The van der Waals surface area contributed by atoms with E-state index in [4.69, 9.17) is 0 Å². The van der Waals surface area contributed by atoms with Gasteiger partial charge in [-0.25, -0.2) is 0 Å². The molecule has 1 rings (SSSR count). The van der Waals surface area contributed by atoms with E-state index in [1.807, 2.05) is 0 Å². The van der Waals surface area contributed by atoms with Gasteiger partial charge in [-0.2, -0.15) is 5.11 Å². The number of hydrogen-bond acceptors (Lipinski definition) is 3. The highest BCUT2D eigenvalue weighted by Crippen LogP contribution is 1.98. The number of hydrogen-bond donors (Lipinski definition) is 0. The maximum atomic E-state index is 3.95. The van der Waals surface area contributed by atoms with E-state index in [2.05, 4.69) is 26.8 Å². The minimum absolute atomic E-state index is 0.535. The third kappa shape index (κ3) is 1.67. The fraction of sp³-hybridized carbons (Fsp3) is 0.143. The van der Waals surface area contributed by atoms with Crippen LogP contribution in [0.25, 0.3) is 0 Å². The van der Waals surface area contributed by atoms with E-state index in [1.54, 1.807) is 19.3 Å². The summed E-state index contributed by atoms with van der Waals surface area (Å²) in [6.07, 6.45) is 4.75. The van der Waals surface area contributed by atoms with E-state index in [1.165, 1.54) is 6.20 Å². The van der Waals surface area contributed by atoms with Crippen LogP contribution in [-0.2, 0) is 0 Å². The van der Waals surface area contributed by atoms with Crippen molar-refractivity contribution in [2.75, 3.05) is 7.05 Å². The minimum atomic E-state index is 0.535. The molecule has 1 heterocycles. The Morgan fingerprint density at radius 1 is 1.64 bits per heavy atom. The van der Waals surface area contributed by atoms with Crippen LogP contribution in [0.1, 0.15) is 0 Å². The monoisotopic (exact) mass is 148 g/mol. The van der Waals surface area contributed by atoms with E-state index >= 15 is 0 Å². The zero-order valence-corrected chi connectivity index (χ0v) is 6.23. The van der Waals surface area contributed by atoms with Gasteiger partial charge in [0.15, 0.2) is 5.84 Å². The fourth-order valence-electron chi connectivity index (χ4n) is 0.676. The van der Waals surface area contributed by atoms with Crippen LogP contribution in [0.4, 0.5) is 0 Å². The lowest BCUT2D eigenvalue weighted by Crippen LogP contribution is -2.09. The minimum Gasteiger partial charge on any atom is -0.267 e. The topological polar surface area (TPSA) is 49.4 Å². The van der Waals surface area contributed by atoms with Crippen molar-refractivity contribution < 1.29 is 0 Å². The van der Waals surface area contributed by atoms with Crippen molar-refractivity contribution in [2.24, 2.45) is 20.2 Å². The van der Waals surface area contributed by atoms with Crippen molar-refractivity contribution in [2.45, 2.75) is 0 Å². The van der Waals surface area contributed by atoms with Crippen LogP contribution >= 0.6 is 0 Å². The zero-order valence-electron chi connectivity index (χ0n) is 6.23. The first-order valence-corrected chi connectivity index (χ1v) is 3.11. The molecule has 4 nitrogen and oxygen atoms in total. The van der Waals surface area contributed by atoms with Crippen LogP contribution in [0.15, 0.2) is 45.3 Å². The van der Waals surface area contributed by atoms with E-state index in [0.717, 1.165) is 0 Å². The predicted octanol–water partition coefficient (Wildman–Crippen LogP) is 1.58. The van der Waals surface area contributed by atoms with E-state index in [0.29, 0.717) is 11.5 Å².